The molecule has 1 aromatic rings. The quantitative estimate of drug-likeness (QED) is 0.608. The number of nitrogens with zero attached hydrogens (tertiary/aromatic N) is 3. The molecule has 18 heavy (non-hydrogen) atoms. The lowest BCUT2D eigenvalue weighted by molar-refractivity contribution is -0.385. The number of rotatable bonds is 4. The number of hydrogen-bond donors (Lipinski definition) is 2. The van der Waals surface area contributed by atoms with Crippen molar-refractivity contribution in [3.05, 3.63) is 27.9 Å². The van der Waals surface area contributed by atoms with Gasteiger partial charge in [0.15, 0.2) is 0 Å². The molecule has 2 N–H and O–H groups in total. The van der Waals surface area contributed by atoms with Crippen LogP contribution in [-0.2, 0) is 0 Å². The van der Waals surface area contributed by atoms with Crippen molar-refractivity contribution in [1.29, 1.82) is 5.26 Å². The Kier molecular flexibility index (Phi) is 3.69. The highest BCUT2D eigenvalue weighted by atomic mass is 16.6. The van der Waals surface area contributed by atoms with Crippen molar-refractivity contribution < 1.29 is 4.92 Å². The van der Waals surface area contributed by atoms with Gasteiger partial charge in [-0.2, -0.15) is 5.26 Å². The Balaban J connectivity index is 2.07. The van der Waals surface area contributed by atoms with E-state index in [4.69, 9.17) is 5.26 Å². The minimum Gasteiger partial charge on any atom is -0.367 e. The highest BCUT2D eigenvalue weighted by Gasteiger charge is 2.16. The van der Waals surface area contributed by atoms with Crippen LogP contribution in [0.25, 0.3) is 0 Å². The Morgan fingerprint density at radius 1 is 1.72 bits per heavy atom. The van der Waals surface area contributed by atoms with Crippen molar-refractivity contribution >= 4 is 11.5 Å². The summed E-state index contributed by atoms with van der Waals surface area (Å²) in [4.78, 5) is 13.9. The number of nitro groups is 1. The number of nitriles is 1. The van der Waals surface area contributed by atoms with Crippen molar-refractivity contribution in [2.45, 2.75) is 18.9 Å². The Morgan fingerprint density at radius 2 is 2.56 bits per heavy atom. The molecule has 94 valence electrons. The summed E-state index contributed by atoms with van der Waals surface area (Å²) in [5.74, 6) is 0.400. The van der Waals surface area contributed by atoms with Crippen molar-refractivity contribution in [2.24, 2.45) is 0 Å². The van der Waals surface area contributed by atoms with Crippen LogP contribution < -0.4 is 10.6 Å². The van der Waals surface area contributed by atoms with Crippen molar-refractivity contribution in [2.75, 3.05) is 18.4 Å². The van der Waals surface area contributed by atoms with E-state index in [0.29, 0.717) is 18.4 Å². The van der Waals surface area contributed by atoms with E-state index in [1.54, 1.807) is 0 Å². The van der Waals surface area contributed by atoms with Gasteiger partial charge in [0.1, 0.15) is 23.6 Å². The minimum absolute atomic E-state index is 0.170. The normalized spacial score (nSPS) is 18.3. The number of pyridine rings is 1. The van der Waals surface area contributed by atoms with E-state index in [9.17, 15) is 10.1 Å². The molecular formula is C11H13N5O2. The minimum atomic E-state index is -0.559. The Bertz CT molecular complexity index is 491. The van der Waals surface area contributed by atoms with Crippen molar-refractivity contribution in [3.8, 4) is 6.07 Å². The fourth-order valence-corrected chi connectivity index (χ4v) is 1.93. The van der Waals surface area contributed by atoms with Gasteiger partial charge in [-0.15, -0.1) is 0 Å². The first-order chi connectivity index (χ1) is 8.70. The van der Waals surface area contributed by atoms with Gasteiger partial charge in [0.2, 0.25) is 0 Å². The molecule has 7 nitrogen and oxygen atoms in total. The van der Waals surface area contributed by atoms with E-state index in [0.717, 1.165) is 25.6 Å². The van der Waals surface area contributed by atoms with Crippen LogP contribution in [0.2, 0.25) is 0 Å². The van der Waals surface area contributed by atoms with Gasteiger partial charge in [-0.3, -0.25) is 10.1 Å². The van der Waals surface area contributed by atoms with Gasteiger partial charge < -0.3 is 10.6 Å². The van der Waals surface area contributed by atoms with E-state index in [-0.39, 0.29) is 11.3 Å². The average Bonchev–Trinajstić information content (AvgIpc) is 2.89. The summed E-state index contributed by atoms with van der Waals surface area (Å²) < 4.78 is 0. The van der Waals surface area contributed by atoms with Gasteiger partial charge in [-0.25, -0.2) is 4.98 Å². The molecule has 0 radical (unpaired) electrons. The first-order valence-electron chi connectivity index (χ1n) is 5.72. The van der Waals surface area contributed by atoms with Gasteiger partial charge in [0.05, 0.1) is 4.92 Å². The second-order valence-corrected chi connectivity index (χ2v) is 4.13. The molecule has 7 heteroatoms. The molecule has 0 aromatic carbocycles. The zero-order chi connectivity index (χ0) is 13.0. The second kappa shape index (κ2) is 5.42. The lowest BCUT2D eigenvalue weighted by Gasteiger charge is -2.12. The van der Waals surface area contributed by atoms with Crippen LogP contribution in [0.3, 0.4) is 0 Å². The van der Waals surface area contributed by atoms with Crippen LogP contribution in [0.4, 0.5) is 11.5 Å². The second-order valence-electron chi connectivity index (χ2n) is 4.13. The van der Waals surface area contributed by atoms with E-state index < -0.39 is 4.92 Å². The van der Waals surface area contributed by atoms with Crippen LogP contribution in [0.1, 0.15) is 18.4 Å². The lowest BCUT2D eigenvalue weighted by atomic mass is 10.2. The summed E-state index contributed by atoms with van der Waals surface area (Å²) in [5, 5.41) is 25.9. The van der Waals surface area contributed by atoms with Gasteiger partial charge in [-0.05, 0) is 19.4 Å². The van der Waals surface area contributed by atoms with E-state index in [2.05, 4.69) is 15.6 Å². The maximum Gasteiger partial charge on any atom is 0.289 e. The fraction of sp³-hybridized carbons (Fsp3) is 0.455. The monoisotopic (exact) mass is 247 g/mol. The van der Waals surface area contributed by atoms with Gasteiger partial charge >= 0.3 is 0 Å². The predicted octanol–water partition coefficient (Wildman–Crippen LogP) is 1.03. The van der Waals surface area contributed by atoms with E-state index in [1.807, 2.05) is 6.07 Å². The van der Waals surface area contributed by atoms with Crippen LogP contribution in [0, 0.1) is 21.4 Å². The smallest absolute Gasteiger partial charge is 0.289 e. The molecule has 1 aliphatic rings. The molecule has 1 saturated heterocycles. The third-order valence-electron chi connectivity index (χ3n) is 2.88. The first-order valence-corrected chi connectivity index (χ1v) is 5.72. The Labute approximate surface area is 104 Å². The van der Waals surface area contributed by atoms with Gasteiger partial charge in [0.25, 0.3) is 5.69 Å². The molecule has 0 spiro atoms. The summed E-state index contributed by atoms with van der Waals surface area (Å²) in [5.41, 5.74) is 0.0262. The molecule has 2 heterocycles. The zero-order valence-electron chi connectivity index (χ0n) is 9.72. The van der Waals surface area contributed by atoms with E-state index in [1.165, 1.54) is 6.07 Å². The van der Waals surface area contributed by atoms with Crippen LogP contribution >= 0.6 is 0 Å². The van der Waals surface area contributed by atoms with Crippen molar-refractivity contribution in [1.82, 2.24) is 10.3 Å². The molecule has 1 unspecified atom stereocenters. The standard InChI is InChI=1S/C11H13N5O2/c12-5-8-4-10(16(17)18)7-15-11(8)14-6-9-2-1-3-13-9/h4,7,9,13H,1-3,6H2,(H,14,15). The highest BCUT2D eigenvalue weighted by molar-refractivity contribution is 5.55. The number of anilines is 1. The molecule has 0 saturated carbocycles. The summed E-state index contributed by atoms with van der Waals surface area (Å²) in [6.45, 7) is 1.67. The molecule has 1 fully saturated rings. The van der Waals surface area contributed by atoms with Crippen LogP contribution in [0.15, 0.2) is 12.3 Å². The van der Waals surface area contributed by atoms with Crippen LogP contribution in [0.5, 0.6) is 0 Å². The lowest BCUT2D eigenvalue weighted by Crippen LogP contribution is -2.29. The summed E-state index contributed by atoms with van der Waals surface area (Å²) in [7, 11) is 0. The maximum atomic E-state index is 10.6. The SMILES string of the molecule is N#Cc1cc([N+](=O)[O-])cnc1NCC1CCCN1. The van der Waals surface area contributed by atoms with Crippen LogP contribution in [-0.4, -0.2) is 29.0 Å². The number of nitrogens with one attached hydrogen (secondary N) is 2. The average molecular weight is 247 g/mol. The molecule has 0 aliphatic carbocycles. The molecule has 1 atom stereocenters. The maximum absolute atomic E-state index is 10.6. The van der Waals surface area contributed by atoms with Gasteiger partial charge in [-0.1, -0.05) is 0 Å². The number of hydrogen-bond acceptors (Lipinski definition) is 6. The first kappa shape index (κ1) is 12.3. The van der Waals surface area contributed by atoms with E-state index >= 15 is 0 Å². The summed E-state index contributed by atoms with van der Waals surface area (Å²) in [6.07, 6.45) is 3.39. The number of aromatic nitrogens is 1. The third-order valence-corrected chi connectivity index (χ3v) is 2.88. The molecule has 0 amide bonds. The Hall–Kier alpha value is -2.20. The fourth-order valence-electron chi connectivity index (χ4n) is 1.93. The highest BCUT2D eigenvalue weighted by Crippen LogP contribution is 2.18. The molecule has 1 aromatic heterocycles. The molecule has 1 aliphatic heterocycles. The molecule has 0 bridgehead atoms. The molecule has 2 rings (SSSR count). The molecular weight excluding hydrogens is 234 g/mol. The topological polar surface area (TPSA) is 104 Å². The van der Waals surface area contributed by atoms with Crippen molar-refractivity contribution in [3.63, 3.8) is 0 Å². The Morgan fingerprint density at radius 3 is 3.17 bits per heavy atom. The summed E-state index contributed by atoms with van der Waals surface area (Å²) >= 11 is 0. The summed E-state index contributed by atoms with van der Waals surface area (Å²) in [6, 6.07) is 3.52. The largest absolute Gasteiger partial charge is 0.367 e. The zero-order valence-corrected chi connectivity index (χ0v) is 9.72. The predicted molar refractivity (Wildman–Crippen MR) is 65.1 cm³/mol. The third kappa shape index (κ3) is 2.73. The van der Waals surface area contributed by atoms with Gasteiger partial charge in [0, 0.05) is 18.7 Å².